The normalized spacial score (nSPS) is 11.6. The van der Waals surface area contributed by atoms with Gasteiger partial charge < -0.3 is 9.47 Å². The quantitative estimate of drug-likeness (QED) is 0.641. The van der Waals surface area contributed by atoms with E-state index in [1.807, 2.05) is 0 Å². The predicted octanol–water partition coefficient (Wildman–Crippen LogP) is 4.22. The monoisotopic (exact) mass is 359 g/mol. The Kier molecular flexibility index (Phi) is 5.50. The topological polar surface area (TPSA) is 55.7 Å². The molecule has 0 atom stereocenters. The highest BCUT2D eigenvalue weighted by Crippen LogP contribution is 2.32. The van der Waals surface area contributed by atoms with Crippen molar-refractivity contribution in [2.45, 2.75) is 6.18 Å². The van der Waals surface area contributed by atoms with Crippen molar-refractivity contribution >= 4 is 23.6 Å². The number of nitrogens with zero attached hydrogens (tertiary/aromatic N) is 2. The molecule has 24 heavy (non-hydrogen) atoms. The molecule has 1 heterocycles. The van der Waals surface area contributed by atoms with Crippen molar-refractivity contribution in [3.05, 3.63) is 46.6 Å². The number of anilines is 1. The molecule has 0 spiro atoms. The summed E-state index contributed by atoms with van der Waals surface area (Å²) in [4.78, 5) is 3.62. The van der Waals surface area contributed by atoms with Gasteiger partial charge in [0.05, 0.1) is 31.0 Å². The molecule has 5 nitrogen and oxygen atoms in total. The molecule has 2 aromatic rings. The summed E-state index contributed by atoms with van der Waals surface area (Å²) in [6, 6.07) is 5.88. The Bertz CT molecular complexity index is 729. The fraction of sp³-hybridized carbons (Fsp3) is 0.200. The van der Waals surface area contributed by atoms with Crippen molar-refractivity contribution in [2.24, 2.45) is 5.10 Å². The van der Waals surface area contributed by atoms with Gasteiger partial charge in [0, 0.05) is 17.8 Å². The molecule has 0 amide bonds. The summed E-state index contributed by atoms with van der Waals surface area (Å²) in [6.07, 6.45) is -2.39. The number of alkyl halides is 3. The first-order valence-corrected chi connectivity index (χ1v) is 6.96. The zero-order chi connectivity index (χ0) is 17.7. The highest BCUT2D eigenvalue weighted by molar-refractivity contribution is 6.32. The number of hydrazone groups is 1. The molecule has 0 saturated carbocycles. The van der Waals surface area contributed by atoms with Crippen LogP contribution in [0.4, 0.5) is 19.0 Å². The summed E-state index contributed by atoms with van der Waals surface area (Å²) < 4.78 is 47.9. The zero-order valence-corrected chi connectivity index (χ0v) is 13.4. The first-order chi connectivity index (χ1) is 11.3. The maximum absolute atomic E-state index is 12.5. The number of rotatable bonds is 5. The van der Waals surface area contributed by atoms with Crippen LogP contribution in [0.25, 0.3) is 0 Å². The van der Waals surface area contributed by atoms with Gasteiger partial charge in [-0.05, 0) is 18.2 Å². The van der Waals surface area contributed by atoms with Gasteiger partial charge in [0.1, 0.15) is 11.5 Å². The number of methoxy groups -OCH3 is 2. The van der Waals surface area contributed by atoms with Gasteiger partial charge in [0.15, 0.2) is 5.82 Å². The van der Waals surface area contributed by atoms with Crippen LogP contribution in [0.2, 0.25) is 5.02 Å². The molecule has 0 unspecified atom stereocenters. The van der Waals surface area contributed by atoms with E-state index in [2.05, 4.69) is 15.5 Å². The molecule has 0 bridgehead atoms. The Balaban J connectivity index is 2.14. The third kappa shape index (κ3) is 4.51. The van der Waals surface area contributed by atoms with Crippen molar-refractivity contribution in [1.29, 1.82) is 0 Å². The van der Waals surface area contributed by atoms with Gasteiger partial charge in [-0.3, -0.25) is 5.43 Å². The number of halogens is 4. The lowest BCUT2D eigenvalue weighted by Crippen LogP contribution is -2.06. The maximum Gasteiger partial charge on any atom is 0.417 e. The van der Waals surface area contributed by atoms with Crippen LogP contribution < -0.4 is 14.9 Å². The van der Waals surface area contributed by atoms with Crippen LogP contribution in [0, 0.1) is 0 Å². The Morgan fingerprint density at radius 2 is 1.75 bits per heavy atom. The number of nitrogens with one attached hydrogen (secondary N) is 1. The van der Waals surface area contributed by atoms with E-state index in [0.29, 0.717) is 23.3 Å². The smallest absolute Gasteiger partial charge is 0.417 e. The van der Waals surface area contributed by atoms with Gasteiger partial charge in [-0.25, -0.2) is 4.98 Å². The third-order valence-corrected chi connectivity index (χ3v) is 3.21. The largest absolute Gasteiger partial charge is 0.497 e. The highest BCUT2D eigenvalue weighted by atomic mass is 35.5. The highest BCUT2D eigenvalue weighted by Gasteiger charge is 2.31. The second-order valence-corrected chi connectivity index (χ2v) is 4.98. The van der Waals surface area contributed by atoms with E-state index >= 15 is 0 Å². The number of aromatic nitrogens is 1. The van der Waals surface area contributed by atoms with Gasteiger partial charge in [0.25, 0.3) is 0 Å². The number of benzene rings is 1. The van der Waals surface area contributed by atoms with Gasteiger partial charge in [-0.15, -0.1) is 0 Å². The molecule has 1 aromatic heterocycles. The van der Waals surface area contributed by atoms with Crippen LogP contribution in [0.3, 0.4) is 0 Å². The van der Waals surface area contributed by atoms with Crippen molar-refractivity contribution in [1.82, 2.24) is 4.98 Å². The number of hydrogen-bond acceptors (Lipinski definition) is 5. The van der Waals surface area contributed by atoms with Gasteiger partial charge >= 0.3 is 6.18 Å². The Hall–Kier alpha value is -2.48. The summed E-state index contributed by atoms with van der Waals surface area (Å²) in [5.74, 6) is 1.15. The zero-order valence-electron chi connectivity index (χ0n) is 12.7. The van der Waals surface area contributed by atoms with E-state index in [0.717, 1.165) is 6.07 Å². The van der Waals surface area contributed by atoms with Crippen molar-refractivity contribution in [3.8, 4) is 11.5 Å². The van der Waals surface area contributed by atoms with E-state index in [-0.39, 0.29) is 10.8 Å². The Morgan fingerprint density at radius 1 is 1.12 bits per heavy atom. The molecule has 0 aliphatic carbocycles. The summed E-state index contributed by atoms with van der Waals surface area (Å²) in [5.41, 5.74) is 2.22. The first-order valence-electron chi connectivity index (χ1n) is 6.58. The molecule has 0 aliphatic rings. The SMILES string of the molecule is COc1cc(/C=N\Nc2ncc(C(F)(F)F)cc2Cl)cc(OC)c1. The van der Waals surface area contributed by atoms with E-state index in [9.17, 15) is 13.2 Å². The fourth-order valence-corrected chi connectivity index (χ4v) is 1.96. The van der Waals surface area contributed by atoms with E-state index in [1.165, 1.54) is 20.4 Å². The summed E-state index contributed by atoms with van der Waals surface area (Å²) in [7, 11) is 3.03. The lowest BCUT2D eigenvalue weighted by Gasteiger charge is -2.08. The summed E-state index contributed by atoms with van der Waals surface area (Å²) >= 11 is 5.77. The fourth-order valence-electron chi connectivity index (χ4n) is 1.75. The van der Waals surface area contributed by atoms with Crippen LogP contribution in [0.15, 0.2) is 35.6 Å². The molecule has 0 aliphatic heterocycles. The van der Waals surface area contributed by atoms with E-state index in [1.54, 1.807) is 18.2 Å². The molecule has 0 saturated heterocycles. The predicted molar refractivity (Wildman–Crippen MR) is 85.0 cm³/mol. The maximum atomic E-state index is 12.5. The van der Waals surface area contributed by atoms with Crippen molar-refractivity contribution < 1.29 is 22.6 Å². The Morgan fingerprint density at radius 3 is 2.25 bits per heavy atom. The average molecular weight is 360 g/mol. The number of hydrogen-bond donors (Lipinski definition) is 1. The van der Waals surface area contributed by atoms with Gasteiger partial charge in [-0.2, -0.15) is 18.3 Å². The van der Waals surface area contributed by atoms with Crippen LogP contribution in [-0.2, 0) is 6.18 Å². The molecule has 1 N–H and O–H groups in total. The van der Waals surface area contributed by atoms with E-state index < -0.39 is 11.7 Å². The molecular weight excluding hydrogens is 347 g/mol. The minimum absolute atomic E-state index is 0.00998. The summed E-state index contributed by atoms with van der Waals surface area (Å²) in [5, 5.41) is 3.71. The lowest BCUT2D eigenvalue weighted by atomic mass is 10.2. The molecular formula is C15H13ClF3N3O2. The Labute approximate surface area is 141 Å². The minimum atomic E-state index is -4.50. The molecule has 128 valence electrons. The standard InChI is InChI=1S/C15H13ClF3N3O2/c1-23-11-3-9(4-12(6-11)24-2)7-21-22-14-13(16)5-10(8-20-14)15(17,18)19/h3-8H,1-2H3,(H,20,22)/b21-7-. The van der Waals surface area contributed by atoms with Crippen LogP contribution >= 0.6 is 11.6 Å². The van der Waals surface area contributed by atoms with Crippen LogP contribution in [0.5, 0.6) is 11.5 Å². The lowest BCUT2D eigenvalue weighted by molar-refractivity contribution is -0.137. The van der Waals surface area contributed by atoms with Crippen LogP contribution in [-0.4, -0.2) is 25.4 Å². The summed E-state index contributed by atoms with van der Waals surface area (Å²) in [6.45, 7) is 0. The molecule has 2 rings (SSSR count). The van der Waals surface area contributed by atoms with Crippen molar-refractivity contribution in [2.75, 3.05) is 19.6 Å². The number of ether oxygens (including phenoxy) is 2. The first kappa shape index (κ1) is 17.9. The molecule has 1 aromatic carbocycles. The van der Waals surface area contributed by atoms with Gasteiger partial charge in [0.2, 0.25) is 0 Å². The van der Waals surface area contributed by atoms with Crippen molar-refractivity contribution in [3.63, 3.8) is 0 Å². The molecule has 9 heteroatoms. The third-order valence-electron chi connectivity index (χ3n) is 2.93. The minimum Gasteiger partial charge on any atom is -0.497 e. The van der Waals surface area contributed by atoms with Crippen LogP contribution in [0.1, 0.15) is 11.1 Å². The van der Waals surface area contributed by atoms with Gasteiger partial charge in [-0.1, -0.05) is 11.6 Å². The molecule has 0 fully saturated rings. The second-order valence-electron chi connectivity index (χ2n) is 4.57. The average Bonchev–Trinajstić information content (AvgIpc) is 2.55. The van der Waals surface area contributed by atoms with E-state index in [4.69, 9.17) is 21.1 Å². The second kappa shape index (κ2) is 7.39. The molecule has 0 radical (unpaired) electrons. The number of pyridine rings is 1.